The number of rotatable bonds is 0. The van der Waals surface area contributed by atoms with E-state index in [1.165, 1.54) is 0 Å². The second-order valence-electron chi connectivity index (χ2n) is 4.91. The van der Waals surface area contributed by atoms with Crippen LogP contribution in [0.15, 0.2) is 35.1 Å². The fraction of sp³-hybridized carbons (Fsp3) is 0.312. The van der Waals surface area contributed by atoms with Crippen LogP contribution in [0.4, 0.5) is 0 Å². The highest BCUT2D eigenvalue weighted by atomic mass is 16.5. The summed E-state index contributed by atoms with van der Waals surface area (Å²) < 4.78 is 17.0. The van der Waals surface area contributed by atoms with E-state index < -0.39 is 0 Å². The normalized spacial score (nSPS) is 14.9. The van der Waals surface area contributed by atoms with Crippen LogP contribution >= 0.6 is 0 Å². The molecule has 5 nitrogen and oxygen atoms in total. The van der Waals surface area contributed by atoms with Crippen LogP contribution in [0.25, 0.3) is 0 Å². The summed E-state index contributed by atoms with van der Waals surface area (Å²) in [6.07, 6.45) is 0. The molecule has 110 valence electrons. The van der Waals surface area contributed by atoms with Gasteiger partial charge in [-0.15, -0.1) is 0 Å². The number of H-pyrrole nitrogens is 1. The summed E-state index contributed by atoms with van der Waals surface area (Å²) in [5.41, 5.74) is 2.23. The first-order valence-electron chi connectivity index (χ1n) is 6.88. The molecule has 0 atom stereocenters. The molecule has 0 amide bonds. The maximum atomic E-state index is 11.9. The lowest BCUT2D eigenvalue weighted by Crippen LogP contribution is -2.19. The maximum Gasteiger partial charge on any atom is 0.253 e. The lowest BCUT2D eigenvalue weighted by molar-refractivity contribution is 0.0861. The molecular weight excluding hydrogens is 270 g/mol. The third kappa shape index (κ3) is 3.08. The first kappa shape index (κ1) is 13.7. The van der Waals surface area contributed by atoms with Crippen LogP contribution in [0.1, 0.15) is 16.8 Å². The Morgan fingerprint density at radius 1 is 1.00 bits per heavy atom. The highest BCUT2D eigenvalue weighted by Gasteiger charge is 2.10. The third-order valence-corrected chi connectivity index (χ3v) is 3.40. The molecule has 1 aliphatic heterocycles. The van der Waals surface area contributed by atoms with Crippen molar-refractivity contribution in [2.45, 2.75) is 20.1 Å². The van der Waals surface area contributed by atoms with Crippen LogP contribution in [-0.2, 0) is 18.0 Å². The van der Waals surface area contributed by atoms with E-state index in [0.29, 0.717) is 36.9 Å². The molecule has 1 aliphatic rings. The van der Waals surface area contributed by atoms with Gasteiger partial charge >= 0.3 is 0 Å². The van der Waals surface area contributed by atoms with Gasteiger partial charge in [-0.3, -0.25) is 4.79 Å². The van der Waals surface area contributed by atoms with E-state index in [1.807, 2.05) is 37.3 Å². The fourth-order valence-electron chi connectivity index (χ4n) is 2.21. The number of aromatic amines is 1. The summed E-state index contributed by atoms with van der Waals surface area (Å²) in [5, 5.41) is 0. The van der Waals surface area contributed by atoms with Gasteiger partial charge in [-0.25, -0.2) is 0 Å². The summed E-state index contributed by atoms with van der Waals surface area (Å²) in [6.45, 7) is 3.33. The Morgan fingerprint density at radius 2 is 1.76 bits per heavy atom. The average Bonchev–Trinajstić information content (AvgIpc) is 2.47. The SMILES string of the molecule is Cc1[nH]c(=O)c2cc1COc1ccccc1OCCOC2. The molecule has 21 heavy (non-hydrogen) atoms. The van der Waals surface area contributed by atoms with E-state index in [4.69, 9.17) is 14.2 Å². The molecule has 0 unspecified atom stereocenters. The van der Waals surface area contributed by atoms with Crippen molar-refractivity contribution in [1.29, 1.82) is 0 Å². The van der Waals surface area contributed by atoms with Crippen LogP contribution in [0.2, 0.25) is 0 Å². The highest BCUT2D eigenvalue weighted by Crippen LogP contribution is 2.27. The van der Waals surface area contributed by atoms with Crippen molar-refractivity contribution in [3.63, 3.8) is 0 Å². The molecule has 0 saturated carbocycles. The van der Waals surface area contributed by atoms with E-state index in [9.17, 15) is 4.79 Å². The first-order valence-corrected chi connectivity index (χ1v) is 6.88. The summed E-state index contributed by atoms with van der Waals surface area (Å²) in [7, 11) is 0. The van der Waals surface area contributed by atoms with Gasteiger partial charge in [0.05, 0.1) is 13.2 Å². The topological polar surface area (TPSA) is 60.6 Å². The van der Waals surface area contributed by atoms with Gasteiger partial charge in [0.15, 0.2) is 11.5 Å². The molecular formula is C16H17NO4. The van der Waals surface area contributed by atoms with E-state index in [2.05, 4.69) is 4.98 Å². The molecule has 0 aliphatic carbocycles. The number of nitrogens with one attached hydrogen (secondary N) is 1. The molecule has 2 heterocycles. The highest BCUT2D eigenvalue weighted by molar-refractivity contribution is 5.39. The van der Waals surface area contributed by atoms with Crippen molar-refractivity contribution in [1.82, 2.24) is 4.98 Å². The summed E-state index contributed by atoms with van der Waals surface area (Å²) in [6, 6.07) is 9.38. The molecule has 0 fully saturated rings. The molecule has 1 aromatic carbocycles. The monoisotopic (exact) mass is 287 g/mol. The largest absolute Gasteiger partial charge is 0.487 e. The molecule has 1 aromatic heterocycles. The van der Waals surface area contributed by atoms with Gasteiger partial charge in [0, 0.05) is 16.8 Å². The predicted molar refractivity (Wildman–Crippen MR) is 77.7 cm³/mol. The van der Waals surface area contributed by atoms with Gasteiger partial charge in [0.2, 0.25) is 0 Å². The molecule has 0 radical (unpaired) electrons. The van der Waals surface area contributed by atoms with E-state index >= 15 is 0 Å². The summed E-state index contributed by atoms with van der Waals surface area (Å²) in [4.78, 5) is 14.7. The van der Waals surface area contributed by atoms with Crippen molar-refractivity contribution in [2.75, 3.05) is 13.2 Å². The second-order valence-corrected chi connectivity index (χ2v) is 4.91. The Hall–Kier alpha value is -2.27. The Morgan fingerprint density at radius 3 is 2.57 bits per heavy atom. The number of aryl methyl sites for hydroxylation is 1. The standard InChI is InChI=1S/C16H17NO4/c1-11-12-8-13(16(18)17-11)9-19-6-7-20-14-4-2-3-5-15(14)21-10-12/h2-5,8H,6-7,9-10H2,1H3,(H,17,18). The maximum absolute atomic E-state index is 11.9. The van der Waals surface area contributed by atoms with Crippen LogP contribution in [0.5, 0.6) is 11.5 Å². The number of hydrogen-bond donors (Lipinski definition) is 1. The lowest BCUT2D eigenvalue weighted by Gasteiger charge is -2.15. The Labute approximate surface area is 122 Å². The number of pyridine rings is 1. The number of aromatic nitrogens is 1. The molecule has 2 aromatic rings. The van der Waals surface area contributed by atoms with E-state index in [0.717, 1.165) is 11.3 Å². The Balaban J connectivity index is 1.95. The third-order valence-electron chi connectivity index (χ3n) is 3.40. The van der Waals surface area contributed by atoms with Crippen molar-refractivity contribution in [3.05, 3.63) is 57.5 Å². The van der Waals surface area contributed by atoms with Crippen LogP contribution in [0, 0.1) is 6.92 Å². The minimum Gasteiger partial charge on any atom is -0.487 e. The van der Waals surface area contributed by atoms with Crippen molar-refractivity contribution >= 4 is 0 Å². The molecule has 0 spiro atoms. The number of benzene rings is 1. The summed E-state index contributed by atoms with van der Waals surface area (Å²) in [5.74, 6) is 1.38. The van der Waals surface area contributed by atoms with Crippen molar-refractivity contribution < 1.29 is 14.2 Å². The van der Waals surface area contributed by atoms with Gasteiger partial charge in [0.25, 0.3) is 5.56 Å². The Kier molecular flexibility index (Phi) is 3.92. The van der Waals surface area contributed by atoms with Crippen molar-refractivity contribution in [3.8, 4) is 11.5 Å². The lowest BCUT2D eigenvalue weighted by atomic mass is 10.1. The van der Waals surface area contributed by atoms with Crippen LogP contribution < -0.4 is 15.0 Å². The van der Waals surface area contributed by atoms with Gasteiger partial charge in [-0.1, -0.05) is 12.1 Å². The van der Waals surface area contributed by atoms with Crippen LogP contribution in [0.3, 0.4) is 0 Å². The second kappa shape index (κ2) is 6.01. The molecule has 3 rings (SSSR count). The zero-order chi connectivity index (χ0) is 14.7. The summed E-state index contributed by atoms with van der Waals surface area (Å²) >= 11 is 0. The average molecular weight is 287 g/mol. The van der Waals surface area contributed by atoms with Gasteiger partial charge in [0.1, 0.15) is 13.2 Å². The number of hydrogen-bond acceptors (Lipinski definition) is 4. The van der Waals surface area contributed by atoms with E-state index in [-0.39, 0.29) is 12.2 Å². The van der Waals surface area contributed by atoms with E-state index in [1.54, 1.807) is 0 Å². The van der Waals surface area contributed by atoms with Gasteiger partial charge < -0.3 is 19.2 Å². The van der Waals surface area contributed by atoms with Gasteiger partial charge in [-0.05, 0) is 25.1 Å². The number of ether oxygens (including phenoxy) is 3. The fourth-order valence-corrected chi connectivity index (χ4v) is 2.21. The first-order chi connectivity index (χ1) is 10.2. The zero-order valence-electron chi connectivity index (χ0n) is 11.8. The zero-order valence-corrected chi connectivity index (χ0v) is 11.8. The molecule has 2 bridgehead atoms. The Bertz CT molecular complexity index is 693. The smallest absolute Gasteiger partial charge is 0.253 e. The minimum absolute atomic E-state index is 0.116. The molecule has 5 heteroatoms. The quantitative estimate of drug-likeness (QED) is 0.806. The minimum atomic E-state index is -0.116. The molecule has 1 N–H and O–H groups in total. The van der Waals surface area contributed by atoms with Gasteiger partial charge in [-0.2, -0.15) is 0 Å². The van der Waals surface area contributed by atoms with Crippen LogP contribution in [-0.4, -0.2) is 18.2 Å². The van der Waals surface area contributed by atoms with Crippen molar-refractivity contribution in [2.24, 2.45) is 0 Å². The predicted octanol–water partition coefficient (Wildman–Crippen LogP) is 2.17. The number of para-hydroxylation sites is 2. The number of fused-ring (bicyclic) bond motifs is 3. The molecule has 0 saturated heterocycles.